The summed E-state index contributed by atoms with van der Waals surface area (Å²) in [5.41, 5.74) is -0.170. The fourth-order valence-corrected chi connectivity index (χ4v) is 8.13. The zero-order valence-corrected chi connectivity index (χ0v) is 42.4. The molecule has 21 nitrogen and oxygen atoms in total. The summed E-state index contributed by atoms with van der Waals surface area (Å²) >= 11 is 0. The smallest absolute Gasteiger partial charge is 0.369 e. The summed E-state index contributed by atoms with van der Waals surface area (Å²) in [7, 11) is 1.37. The number of nitrogens with one attached hydrogen (secondary N) is 6. The molecule has 72 heavy (non-hydrogen) atoms. The van der Waals surface area contributed by atoms with Crippen molar-refractivity contribution in [1.82, 2.24) is 36.8 Å². The second-order valence-electron chi connectivity index (χ2n) is 19.4. The van der Waals surface area contributed by atoms with Crippen LogP contribution in [0.2, 0.25) is 0 Å². The van der Waals surface area contributed by atoms with Crippen molar-refractivity contribution in [3.8, 4) is 5.75 Å². The van der Waals surface area contributed by atoms with E-state index in [1.807, 2.05) is 0 Å². The Kier molecular flexibility index (Phi) is 19.1. The van der Waals surface area contributed by atoms with E-state index in [0.717, 1.165) is 11.0 Å². The van der Waals surface area contributed by atoms with Crippen LogP contribution in [0.3, 0.4) is 0 Å². The van der Waals surface area contributed by atoms with Gasteiger partial charge in [-0.2, -0.15) is 0 Å². The van der Waals surface area contributed by atoms with Crippen LogP contribution in [0.25, 0.3) is 0 Å². The molecule has 392 valence electrons. The lowest BCUT2D eigenvalue weighted by Gasteiger charge is -2.34. The Morgan fingerprint density at radius 2 is 1.43 bits per heavy atom. The van der Waals surface area contributed by atoms with Crippen molar-refractivity contribution in [2.24, 2.45) is 23.7 Å². The van der Waals surface area contributed by atoms with Gasteiger partial charge in [-0.3, -0.25) is 38.4 Å². The van der Waals surface area contributed by atoms with Gasteiger partial charge in [0.05, 0.1) is 18.6 Å². The molecule has 0 saturated carbocycles. The number of esters is 2. The first kappa shape index (κ1) is 56.0. The van der Waals surface area contributed by atoms with Gasteiger partial charge >= 0.3 is 11.9 Å². The lowest BCUT2D eigenvalue weighted by Crippen LogP contribution is -2.61. The van der Waals surface area contributed by atoms with E-state index in [9.17, 15) is 43.5 Å². The van der Waals surface area contributed by atoms with Crippen LogP contribution in [0, 0.1) is 23.7 Å². The topological polar surface area (TPSA) is 290 Å². The normalized spacial score (nSPS) is 29.0. The average molecular weight is 1000 g/mol. The minimum atomic E-state index is -2.29. The van der Waals surface area contributed by atoms with E-state index in [4.69, 9.17) is 18.9 Å². The second kappa shape index (κ2) is 24.5. The number of hydrogen-bond acceptors (Lipinski definition) is 14. The first-order valence-corrected chi connectivity index (χ1v) is 24.2. The molecule has 7 N–H and O–H groups in total. The molecule has 2 fully saturated rings. The highest BCUT2D eigenvalue weighted by atomic mass is 16.6. The number of nitrogens with zero attached hydrogens (tertiary/aromatic N) is 1. The van der Waals surface area contributed by atoms with Crippen molar-refractivity contribution in [3.63, 3.8) is 0 Å². The molecule has 0 aromatic heterocycles. The number of cyclic esters (lactones) is 1. The number of epoxide rings is 1. The summed E-state index contributed by atoms with van der Waals surface area (Å²) in [5.74, 6) is -11.3. The van der Waals surface area contributed by atoms with E-state index in [0.29, 0.717) is 17.7 Å². The number of amides is 7. The van der Waals surface area contributed by atoms with Crippen molar-refractivity contribution in [2.45, 2.75) is 136 Å². The summed E-state index contributed by atoms with van der Waals surface area (Å²) < 4.78 is 23.0. The van der Waals surface area contributed by atoms with Gasteiger partial charge in [0.1, 0.15) is 60.3 Å². The van der Waals surface area contributed by atoms with Crippen molar-refractivity contribution < 1.29 is 67.2 Å². The van der Waals surface area contributed by atoms with Crippen molar-refractivity contribution in [2.75, 3.05) is 20.2 Å². The number of rotatable bonds is 9. The molecule has 2 aromatic carbocycles. The predicted octanol–water partition coefficient (Wildman–Crippen LogP) is 0.876. The van der Waals surface area contributed by atoms with Crippen LogP contribution in [0.15, 0.2) is 66.7 Å². The van der Waals surface area contributed by atoms with Crippen molar-refractivity contribution in [1.29, 1.82) is 0 Å². The van der Waals surface area contributed by atoms with Crippen LogP contribution in [-0.2, 0) is 63.8 Å². The maximum Gasteiger partial charge on any atom is 0.369 e. The zero-order chi connectivity index (χ0) is 53.2. The standard InChI is InChI=1S/C51H69N7O14/c1-11-28(6)39-46(65)56-41-33-17-19-34(20-18-33)71-31(9)51(25-69-51)22-21-36(59)52-24-37(60)72-48(50(68)70-30(8)40(47(66)54-39)55-43(62)29(7)42(61)27(4)5)57-45(64)38(26(2)3)53-44(63)35(58(10)49(41)67)23-32-15-13-12-14-16-32/h12-22,26-31,35,38-42,48,61H,11,23-25H2,1-10H3,(H,52,59)(H,53,63)(H,54,66)(H,55,62)(H,56,65)(H,57,64)/b22-21-/t28-,29+,30+,31+,35+,38+,39+,40-,41-,42+,48-,51+/m0/s1. The molecule has 12 atom stereocenters. The third-order valence-corrected chi connectivity index (χ3v) is 13.3. The summed E-state index contributed by atoms with van der Waals surface area (Å²) in [6.45, 7) is 13.7. The molecular weight excluding hydrogens is 935 g/mol. The third kappa shape index (κ3) is 14.2. The Bertz CT molecular complexity index is 2340. The highest BCUT2D eigenvalue weighted by Gasteiger charge is 2.49. The van der Waals surface area contributed by atoms with Crippen LogP contribution < -0.4 is 36.6 Å². The van der Waals surface area contributed by atoms with Gasteiger partial charge < -0.3 is 60.9 Å². The molecule has 4 aliphatic rings. The van der Waals surface area contributed by atoms with Crippen LogP contribution in [0.5, 0.6) is 5.75 Å². The first-order valence-electron chi connectivity index (χ1n) is 24.2. The van der Waals surface area contributed by atoms with Gasteiger partial charge in [0.25, 0.3) is 6.23 Å². The first-order chi connectivity index (χ1) is 34.0. The van der Waals surface area contributed by atoms with Crippen LogP contribution in [-0.4, -0.2) is 138 Å². The number of carbonyl (C=O) groups is 9. The summed E-state index contributed by atoms with van der Waals surface area (Å²) in [5, 5.41) is 26.2. The highest BCUT2D eigenvalue weighted by molar-refractivity contribution is 5.98. The number of hydrogen-bond donors (Lipinski definition) is 7. The quantitative estimate of drug-likeness (QED) is 0.136. The molecule has 2 saturated heterocycles. The van der Waals surface area contributed by atoms with Crippen molar-refractivity contribution >= 4 is 53.3 Å². The van der Waals surface area contributed by atoms with E-state index in [1.54, 1.807) is 103 Å². The number of aliphatic hydroxyl groups excluding tert-OH is 1. The number of likely N-dealkylation sites (N-methyl/N-ethyl adjacent to an activating group) is 1. The fourth-order valence-electron chi connectivity index (χ4n) is 8.13. The molecule has 0 radical (unpaired) electrons. The van der Waals surface area contributed by atoms with E-state index < -0.39 is 144 Å². The molecular formula is C51H69N7O14. The Morgan fingerprint density at radius 1 is 0.806 bits per heavy atom. The Hall–Kier alpha value is -6.87. The van der Waals surface area contributed by atoms with E-state index >= 15 is 4.79 Å². The number of fused-ring (bicyclic) bond motifs is 8. The average Bonchev–Trinajstić information content (AvgIpc) is 4.15. The van der Waals surface area contributed by atoms with E-state index in [1.165, 1.54) is 27.0 Å². The van der Waals surface area contributed by atoms with Gasteiger partial charge in [-0.1, -0.05) is 97.4 Å². The SMILES string of the molecule is CC[C@H](C)[C@H]1NC(=O)[C@@H](NC(=O)[C@H](C)[C@H](O)C(C)C)[C@@H](C)OC(=O)[C@H]2NC(=O)[C@@H](C(C)C)NC(=O)[C@@H](Cc3ccccc3)N(C)C(=O)[C@@H](NC1=O)c1ccc(cc1)O[C@H](C)[C@@]1(/C=C\C(=O)NCC(=O)O2)CO1. The Morgan fingerprint density at radius 3 is 2.03 bits per heavy atom. The highest BCUT2D eigenvalue weighted by Crippen LogP contribution is 2.35. The van der Waals surface area contributed by atoms with E-state index in [-0.39, 0.29) is 18.6 Å². The molecule has 4 aliphatic heterocycles. The Labute approximate surface area is 419 Å². The largest absolute Gasteiger partial charge is 0.487 e. The fraction of sp³-hybridized carbons (Fsp3) is 0.549. The lowest BCUT2D eigenvalue weighted by molar-refractivity contribution is -0.176. The van der Waals surface area contributed by atoms with Crippen molar-refractivity contribution in [3.05, 3.63) is 77.9 Å². The minimum absolute atomic E-state index is 0.0768. The van der Waals surface area contributed by atoms with Crippen LogP contribution >= 0.6 is 0 Å². The number of carbonyl (C=O) groups excluding carboxylic acids is 9. The summed E-state index contributed by atoms with van der Waals surface area (Å²) in [4.78, 5) is 129. The maximum atomic E-state index is 15.2. The third-order valence-electron chi connectivity index (χ3n) is 13.3. The molecule has 2 aromatic rings. The van der Waals surface area contributed by atoms with E-state index in [2.05, 4.69) is 31.9 Å². The summed E-state index contributed by atoms with van der Waals surface area (Å²) in [6, 6.07) is 7.41. The Balaban J connectivity index is 1.73. The molecule has 4 heterocycles. The number of benzene rings is 2. The van der Waals surface area contributed by atoms with Crippen LogP contribution in [0.4, 0.5) is 0 Å². The second-order valence-corrected chi connectivity index (χ2v) is 19.4. The molecule has 4 bridgehead atoms. The summed E-state index contributed by atoms with van der Waals surface area (Å²) in [6.07, 6.45) is -2.97. The lowest BCUT2D eigenvalue weighted by atomic mass is 9.93. The molecule has 0 aliphatic carbocycles. The van der Waals surface area contributed by atoms with Gasteiger partial charge in [0, 0.05) is 19.5 Å². The zero-order valence-electron chi connectivity index (χ0n) is 42.4. The predicted molar refractivity (Wildman–Crippen MR) is 259 cm³/mol. The van der Waals surface area contributed by atoms with Gasteiger partial charge in [-0.05, 0) is 60.9 Å². The van der Waals surface area contributed by atoms with Crippen LogP contribution in [0.1, 0.15) is 85.9 Å². The molecule has 0 unspecified atom stereocenters. The van der Waals surface area contributed by atoms with Gasteiger partial charge in [-0.15, -0.1) is 0 Å². The molecule has 21 heteroatoms. The molecule has 7 amide bonds. The maximum absolute atomic E-state index is 15.2. The van der Waals surface area contributed by atoms with Gasteiger partial charge in [-0.25, -0.2) is 4.79 Å². The minimum Gasteiger partial charge on any atom is -0.487 e. The number of aliphatic hydroxyl groups is 1. The number of ether oxygens (including phenoxy) is 4. The van der Waals surface area contributed by atoms with Gasteiger partial charge in [0.15, 0.2) is 0 Å². The molecule has 1 spiro atoms. The van der Waals surface area contributed by atoms with Gasteiger partial charge in [0.2, 0.25) is 41.4 Å². The monoisotopic (exact) mass is 1000 g/mol. The molecule has 6 rings (SSSR count).